The van der Waals surface area contributed by atoms with Crippen LogP contribution in [0.25, 0.3) is 0 Å². The lowest BCUT2D eigenvalue weighted by atomic mass is 9.83. The van der Waals surface area contributed by atoms with Crippen LogP contribution in [0.5, 0.6) is 0 Å². The van der Waals surface area contributed by atoms with Crippen LogP contribution in [0.1, 0.15) is 26.2 Å². The van der Waals surface area contributed by atoms with E-state index in [9.17, 15) is 8.42 Å². The highest BCUT2D eigenvalue weighted by Gasteiger charge is 2.44. The summed E-state index contributed by atoms with van der Waals surface area (Å²) in [6, 6.07) is 0. The summed E-state index contributed by atoms with van der Waals surface area (Å²) in [4.78, 5) is 0. The molecule has 1 aliphatic heterocycles. The molecule has 2 fully saturated rings. The van der Waals surface area contributed by atoms with E-state index in [4.69, 9.17) is 13.7 Å². The van der Waals surface area contributed by atoms with Gasteiger partial charge >= 0.3 is 0 Å². The topological polar surface area (TPSA) is 61.8 Å². The molecule has 0 aromatic heterocycles. The molecule has 2 rings (SSSR count). The summed E-state index contributed by atoms with van der Waals surface area (Å²) in [5, 5.41) is 0. The van der Waals surface area contributed by atoms with Crippen LogP contribution < -0.4 is 0 Å². The Bertz CT molecular complexity index is 344. The quantitative estimate of drug-likeness (QED) is 0.681. The first-order valence-electron chi connectivity index (χ1n) is 5.56. The molecule has 0 aromatic rings. The van der Waals surface area contributed by atoms with E-state index in [1.165, 1.54) is 0 Å². The minimum absolute atomic E-state index is 0.126. The summed E-state index contributed by atoms with van der Waals surface area (Å²) in [5.41, 5.74) is 0. The van der Waals surface area contributed by atoms with Gasteiger partial charge in [0.15, 0.2) is 5.79 Å². The zero-order valence-corrected chi connectivity index (χ0v) is 10.5. The summed E-state index contributed by atoms with van der Waals surface area (Å²) >= 11 is 0. The molecule has 0 radical (unpaired) electrons. The van der Waals surface area contributed by atoms with Crippen LogP contribution in [0.15, 0.2) is 0 Å². The molecule has 0 amide bonds. The van der Waals surface area contributed by atoms with Gasteiger partial charge in [-0.3, -0.25) is 4.18 Å². The summed E-state index contributed by atoms with van der Waals surface area (Å²) in [6.07, 6.45) is 2.92. The van der Waals surface area contributed by atoms with Crippen molar-refractivity contribution in [3.8, 4) is 0 Å². The van der Waals surface area contributed by atoms with E-state index < -0.39 is 15.9 Å². The molecule has 0 bridgehead atoms. The van der Waals surface area contributed by atoms with Crippen molar-refractivity contribution in [3.63, 3.8) is 0 Å². The maximum atomic E-state index is 11.1. The fraction of sp³-hybridized carbons (Fsp3) is 1.00. The van der Waals surface area contributed by atoms with E-state index in [-0.39, 0.29) is 12.0 Å². The average Bonchev–Trinajstić information content (AvgIpc) is 2.57. The standard InChI is InChI=1S/C10H18O5S/c1-8-7-10(13-5-6-14-10)4-3-9(8)15-16(2,11)12/h8-9H,3-7H2,1-2H3/t8-,9+/m1/s1. The minimum atomic E-state index is -3.37. The Balaban J connectivity index is 1.97. The lowest BCUT2D eigenvalue weighted by Crippen LogP contribution is -2.42. The predicted molar refractivity (Wildman–Crippen MR) is 57.4 cm³/mol. The normalized spacial score (nSPS) is 34.4. The van der Waals surface area contributed by atoms with Crippen LogP contribution in [0, 0.1) is 5.92 Å². The largest absolute Gasteiger partial charge is 0.348 e. The van der Waals surface area contributed by atoms with Crippen LogP contribution >= 0.6 is 0 Å². The predicted octanol–water partition coefficient (Wildman–Crippen LogP) is 0.894. The Labute approximate surface area is 96.2 Å². The van der Waals surface area contributed by atoms with E-state index >= 15 is 0 Å². The highest BCUT2D eigenvalue weighted by Crippen LogP contribution is 2.40. The maximum absolute atomic E-state index is 11.1. The first-order chi connectivity index (χ1) is 7.40. The number of ether oxygens (including phenoxy) is 2. The summed E-state index contributed by atoms with van der Waals surface area (Å²) in [5.74, 6) is -0.349. The van der Waals surface area contributed by atoms with Crippen molar-refractivity contribution >= 4 is 10.1 Å². The molecule has 1 spiro atoms. The lowest BCUT2D eigenvalue weighted by Gasteiger charge is -2.38. The molecule has 16 heavy (non-hydrogen) atoms. The summed E-state index contributed by atoms with van der Waals surface area (Å²) in [7, 11) is -3.37. The minimum Gasteiger partial charge on any atom is -0.348 e. The van der Waals surface area contributed by atoms with Crippen molar-refractivity contribution in [2.75, 3.05) is 19.5 Å². The molecule has 0 N–H and O–H groups in total. The van der Waals surface area contributed by atoms with Gasteiger partial charge in [0, 0.05) is 12.8 Å². The Morgan fingerprint density at radius 3 is 2.44 bits per heavy atom. The van der Waals surface area contributed by atoms with Crippen molar-refractivity contribution in [1.82, 2.24) is 0 Å². The van der Waals surface area contributed by atoms with Gasteiger partial charge in [-0.1, -0.05) is 6.92 Å². The molecule has 1 saturated carbocycles. The third-order valence-corrected chi connectivity index (χ3v) is 3.79. The van der Waals surface area contributed by atoms with Gasteiger partial charge in [0.2, 0.25) is 0 Å². The molecule has 94 valence electrons. The first kappa shape index (κ1) is 12.3. The lowest BCUT2D eigenvalue weighted by molar-refractivity contribution is -0.197. The summed E-state index contributed by atoms with van der Waals surface area (Å²) < 4.78 is 38.4. The van der Waals surface area contributed by atoms with Gasteiger partial charge in [0.1, 0.15) is 0 Å². The zero-order chi connectivity index (χ0) is 11.8. The fourth-order valence-electron chi connectivity index (χ4n) is 2.50. The number of hydrogen-bond donors (Lipinski definition) is 0. The molecule has 1 heterocycles. The maximum Gasteiger partial charge on any atom is 0.264 e. The van der Waals surface area contributed by atoms with Crippen LogP contribution in [0.3, 0.4) is 0 Å². The molecule has 6 heteroatoms. The molecule has 0 aromatic carbocycles. The highest BCUT2D eigenvalue weighted by molar-refractivity contribution is 7.86. The van der Waals surface area contributed by atoms with Gasteiger partial charge in [-0.15, -0.1) is 0 Å². The van der Waals surface area contributed by atoms with E-state index in [1.54, 1.807) is 0 Å². The molecule has 5 nitrogen and oxygen atoms in total. The second kappa shape index (κ2) is 4.25. The van der Waals surface area contributed by atoms with Crippen LogP contribution in [0.2, 0.25) is 0 Å². The Morgan fingerprint density at radius 2 is 1.94 bits per heavy atom. The van der Waals surface area contributed by atoms with Crippen molar-refractivity contribution in [1.29, 1.82) is 0 Å². The van der Waals surface area contributed by atoms with Crippen molar-refractivity contribution in [2.45, 2.75) is 38.1 Å². The molecular formula is C10H18O5S. The number of rotatable bonds is 2. The van der Waals surface area contributed by atoms with Gasteiger partial charge < -0.3 is 9.47 Å². The second-order valence-electron chi connectivity index (χ2n) is 4.67. The fourth-order valence-corrected chi connectivity index (χ4v) is 3.23. The third-order valence-electron chi connectivity index (χ3n) is 3.19. The SMILES string of the molecule is C[C@@H]1CC2(CC[C@@H]1OS(C)(=O)=O)OCCO2. The van der Waals surface area contributed by atoms with E-state index in [0.717, 1.165) is 6.26 Å². The van der Waals surface area contributed by atoms with Gasteiger partial charge in [0.25, 0.3) is 10.1 Å². The zero-order valence-electron chi connectivity index (χ0n) is 9.64. The first-order valence-corrected chi connectivity index (χ1v) is 7.38. The Hall–Kier alpha value is -0.170. The molecular weight excluding hydrogens is 232 g/mol. The smallest absolute Gasteiger partial charge is 0.264 e. The van der Waals surface area contributed by atoms with Gasteiger partial charge in [-0.05, 0) is 12.3 Å². The van der Waals surface area contributed by atoms with Gasteiger partial charge in [-0.2, -0.15) is 8.42 Å². The monoisotopic (exact) mass is 250 g/mol. The van der Waals surface area contributed by atoms with E-state index in [0.29, 0.717) is 32.5 Å². The molecule has 1 saturated heterocycles. The molecule has 2 aliphatic rings. The van der Waals surface area contributed by atoms with Gasteiger partial charge in [-0.25, -0.2) is 0 Å². The Morgan fingerprint density at radius 1 is 1.31 bits per heavy atom. The van der Waals surface area contributed by atoms with E-state index in [2.05, 4.69) is 0 Å². The molecule has 0 unspecified atom stereocenters. The van der Waals surface area contributed by atoms with Crippen molar-refractivity contribution in [3.05, 3.63) is 0 Å². The number of hydrogen-bond acceptors (Lipinski definition) is 5. The molecule has 2 atom stereocenters. The van der Waals surface area contributed by atoms with Gasteiger partial charge in [0.05, 0.1) is 25.6 Å². The van der Waals surface area contributed by atoms with Crippen LogP contribution in [0.4, 0.5) is 0 Å². The van der Waals surface area contributed by atoms with E-state index in [1.807, 2.05) is 6.92 Å². The average molecular weight is 250 g/mol. The van der Waals surface area contributed by atoms with Crippen molar-refractivity contribution in [2.24, 2.45) is 5.92 Å². The summed E-state index contributed by atoms with van der Waals surface area (Å²) in [6.45, 7) is 3.23. The Kier molecular flexibility index (Phi) is 3.27. The van der Waals surface area contributed by atoms with Crippen molar-refractivity contribution < 1.29 is 22.1 Å². The second-order valence-corrected chi connectivity index (χ2v) is 6.27. The van der Waals surface area contributed by atoms with Crippen LogP contribution in [-0.4, -0.2) is 39.8 Å². The third kappa shape index (κ3) is 2.74. The molecule has 1 aliphatic carbocycles. The highest BCUT2D eigenvalue weighted by atomic mass is 32.2. The van der Waals surface area contributed by atoms with Crippen LogP contribution in [-0.2, 0) is 23.8 Å².